The number of fused-ring (bicyclic) bond motifs is 3. The summed E-state index contributed by atoms with van der Waals surface area (Å²) in [5, 5.41) is 14.7. The van der Waals surface area contributed by atoms with E-state index in [2.05, 4.69) is 34.9 Å². The Hall–Kier alpha value is -3.35. The summed E-state index contributed by atoms with van der Waals surface area (Å²) in [4.78, 5) is 36.3. The highest BCUT2D eigenvalue weighted by atomic mass is 16.5. The predicted molar refractivity (Wildman–Crippen MR) is 131 cm³/mol. The number of amides is 2. The Bertz CT molecular complexity index is 976. The smallest absolute Gasteiger partial charge is 0.407 e. The van der Waals surface area contributed by atoms with Gasteiger partial charge in [0.05, 0.1) is 5.92 Å². The van der Waals surface area contributed by atoms with E-state index in [9.17, 15) is 14.4 Å². The normalized spacial score (nSPS) is 14.9. The van der Waals surface area contributed by atoms with E-state index < -0.39 is 24.0 Å². The van der Waals surface area contributed by atoms with Crippen LogP contribution in [0.15, 0.2) is 48.5 Å². The molecule has 34 heavy (non-hydrogen) atoms. The average Bonchev–Trinajstić information content (AvgIpc) is 3.14. The first kappa shape index (κ1) is 25.3. The maximum atomic E-state index is 12.7. The van der Waals surface area contributed by atoms with Gasteiger partial charge in [-0.25, -0.2) is 4.79 Å². The van der Waals surface area contributed by atoms with Gasteiger partial charge in [0, 0.05) is 24.4 Å². The molecule has 0 radical (unpaired) electrons. The van der Waals surface area contributed by atoms with Gasteiger partial charge in [0.15, 0.2) is 0 Å². The van der Waals surface area contributed by atoms with Crippen LogP contribution in [-0.4, -0.2) is 41.8 Å². The zero-order valence-corrected chi connectivity index (χ0v) is 20.0. The summed E-state index contributed by atoms with van der Waals surface area (Å²) in [7, 11) is 0. The van der Waals surface area contributed by atoms with Gasteiger partial charge in [-0.1, -0.05) is 68.3 Å². The molecule has 2 amide bonds. The third-order valence-electron chi connectivity index (χ3n) is 6.53. The molecule has 3 atom stereocenters. The Balaban J connectivity index is 1.59. The second-order valence-electron chi connectivity index (χ2n) is 9.00. The van der Waals surface area contributed by atoms with Crippen molar-refractivity contribution in [3.8, 4) is 11.1 Å². The molecule has 1 aliphatic rings. The molecular formula is C27H34N2O5. The molecular weight excluding hydrogens is 432 g/mol. The molecule has 7 heteroatoms. The number of hydrogen-bond acceptors (Lipinski definition) is 4. The van der Waals surface area contributed by atoms with Gasteiger partial charge in [0.2, 0.25) is 5.91 Å². The van der Waals surface area contributed by atoms with Crippen molar-refractivity contribution in [3.63, 3.8) is 0 Å². The van der Waals surface area contributed by atoms with Gasteiger partial charge in [0.1, 0.15) is 6.61 Å². The van der Waals surface area contributed by atoms with Crippen LogP contribution in [0.25, 0.3) is 11.1 Å². The SMILES string of the molecule is CCCC[C@H](CC(=O)NC(C)C(C)C(=O)O)NC(=O)OCC1c2ccccc2-c2ccccc21. The number of alkyl carbamates (subject to hydrolysis) is 1. The summed E-state index contributed by atoms with van der Waals surface area (Å²) in [5.41, 5.74) is 4.60. The number of aliphatic carboxylic acids is 1. The van der Waals surface area contributed by atoms with Crippen LogP contribution >= 0.6 is 0 Å². The average molecular weight is 467 g/mol. The van der Waals surface area contributed by atoms with Gasteiger partial charge in [0.25, 0.3) is 0 Å². The molecule has 0 saturated carbocycles. The maximum Gasteiger partial charge on any atom is 0.407 e. The molecule has 2 aromatic rings. The van der Waals surface area contributed by atoms with Crippen molar-refractivity contribution < 1.29 is 24.2 Å². The molecule has 7 nitrogen and oxygen atoms in total. The van der Waals surface area contributed by atoms with E-state index in [1.807, 2.05) is 31.2 Å². The maximum absolute atomic E-state index is 12.7. The number of carbonyl (C=O) groups excluding carboxylic acids is 2. The third kappa shape index (κ3) is 6.16. The lowest BCUT2D eigenvalue weighted by Crippen LogP contribution is -2.44. The first-order valence-corrected chi connectivity index (χ1v) is 12.0. The Morgan fingerprint density at radius 2 is 1.56 bits per heavy atom. The van der Waals surface area contributed by atoms with Gasteiger partial charge in [-0.3, -0.25) is 9.59 Å². The number of hydrogen-bond donors (Lipinski definition) is 3. The van der Waals surface area contributed by atoms with E-state index in [1.54, 1.807) is 13.8 Å². The fraction of sp³-hybridized carbons (Fsp3) is 0.444. The molecule has 0 saturated heterocycles. The molecule has 3 rings (SSSR count). The van der Waals surface area contributed by atoms with E-state index in [0.29, 0.717) is 6.42 Å². The van der Waals surface area contributed by atoms with Crippen molar-refractivity contribution in [1.82, 2.24) is 10.6 Å². The van der Waals surface area contributed by atoms with Crippen LogP contribution in [0.1, 0.15) is 63.5 Å². The van der Waals surface area contributed by atoms with Crippen LogP contribution in [-0.2, 0) is 14.3 Å². The van der Waals surface area contributed by atoms with Gasteiger partial charge >= 0.3 is 12.1 Å². The van der Waals surface area contributed by atoms with Gasteiger partial charge in [-0.05, 0) is 42.5 Å². The van der Waals surface area contributed by atoms with Gasteiger partial charge < -0.3 is 20.5 Å². The van der Waals surface area contributed by atoms with Crippen LogP contribution in [0.2, 0.25) is 0 Å². The number of carbonyl (C=O) groups is 3. The fourth-order valence-electron chi connectivity index (χ4n) is 4.36. The molecule has 0 heterocycles. The molecule has 0 spiro atoms. The van der Waals surface area contributed by atoms with Crippen LogP contribution in [0.5, 0.6) is 0 Å². The molecule has 182 valence electrons. The van der Waals surface area contributed by atoms with Gasteiger partial charge in [-0.2, -0.15) is 0 Å². The summed E-state index contributed by atoms with van der Waals surface area (Å²) in [6.07, 6.45) is 1.93. The molecule has 0 fully saturated rings. The Morgan fingerprint density at radius 1 is 0.971 bits per heavy atom. The molecule has 0 bridgehead atoms. The quantitative estimate of drug-likeness (QED) is 0.445. The minimum atomic E-state index is -0.966. The van der Waals surface area contributed by atoms with E-state index >= 15 is 0 Å². The third-order valence-corrected chi connectivity index (χ3v) is 6.53. The summed E-state index contributed by atoms with van der Waals surface area (Å²) in [5.74, 6) is -1.99. The van der Waals surface area contributed by atoms with Crippen molar-refractivity contribution in [1.29, 1.82) is 0 Å². The van der Waals surface area contributed by atoms with E-state index in [1.165, 1.54) is 0 Å². The molecule has 3 N–H and O–H groups in total. The summed E-state index contributed by atoms with van der Waals surface area (Å²) in [6.45, 7) is 5.47. The van der Waals surface area contributed by atoms with E-state index in [0.717, 1.165) is 35.1 Å². The second-order valence-corrected chi connectivity index (χ2v) is 9.00. The standard InChI is InChI=1S/C27H34N2O5/c1-4-5-10-19(15-25(30)28-18(3)17(2)26(31)32)29-27(33)34-16-24-22-13-8-6-11-20(22)21-12-7-9-14-23(21)24/h6-9,11-14,17-19,24H,4-5,10,15-16H2,1-3H3,(H,28,30)(H,29,33)(H,31,32)/t17?,18?,19-/m1/s1. The number of ether oxygens (including phenoxy) is 1. The zero-order chi connectivity index (χ0) is 24.7. The number of benzene rings is 2. The number of rotatable bonds is 11. The predicted octanol–water partition coefficient (Wildman–Crippen LogP) is 4.70. The molecule has 0 aliphatic heterocycles. The van der Waals surface area contributed by atoms with Crippen molar-refractivity contribution in [2.24, 2.45) is 5.92 Å². The number of nitrogens with one attached hydrogen (secondary N) is 2. The highest BCUT2D eigenvalue weighted by Crippen LogP contribution is 2.44. The van der Waals surface area contributed by atoms with Crippen molar-refractivity contribution >= 4 is 18.0 Å². The van der Waals surface area contributed by atoms with Crippen molar-refractivity contribution in [2.45, 2.75) is 64.5 Å². The first-order valence-electron chi connectivity index (χ1n) is 12.0. The second kappa shape index (κ2) is 11.7. The minimum absolute atomic E-state index is 0.0334. The highest BCUT2D eigenvalue weighted by molar-refractivity contribution is 5.80. The van der Waals surface area contributed by atoms with Crippen molar-refractivity contribution in [3.05, 3.63) is 59.7 Å². The summed E-state index contributed by atoms with van der Waals surface area (Å²) < 4.78 is 5.62. The van der Waals surface area contributed by atoms with Gasteiger partial charge in [-0.15, -0.1) is 0 Å². The molecule has 1 aliphatic carbocycles. The number of carboxylic acid groups (broad SMARTS) is 1. The Morgan fingerprint density at radius 3 is 2.12 bits per heavy atom. The Kier molecular flexibility index (Phi) is 8.68. The summed E-state index contributed by atoms with van der Waals surface area (Å²) >= 11 is 0. The van der Waals surface area contributed by atoms with Crippen LogP contribution in [0.3, 0.4) is 0 Å². The highest BCUT2D eigenvalue weighted by Gasteiger charge is 2.29. The fourth-order valence-corrected chi connectivity index (χ4v) is 4.36. The molecule has 0 aromatic heterocycles. The first-order chi connectivity index (χ1) is 16.3. The van der Waals surface area contributed by atoms with E-state index in [-0.39, 0.29) is 30.9 Å². The lowest BCUT2D eigenvalue weighted by molar-refractivity contribution is -0.142. The Labute approximate surface area is 200 Å². The van der Waals surface area contributed by atoms with E-state index in [4.69, 9.17) is 9.84 Å². The number of unbranched alkanes of at least 4 members (excludes halogenated alkanes) is 1. The van der Waals surface area contributed by atoms with Crippen LogP contribution in [0.4, 0.5) is 4.79 Å². The monoisotopic (exact) mass is 466 g/mol. The lowest BCUT2D eigenvalue weighted by Gasteiger charge is -2.22. The topological polar surface area (TPSA) is 105 Å². The largest absolute Gasteiger partial charge is 0.481 e. The molecule has 2 aromatic carbocycles. The van der Waals surface area contributed by atoms with Crippen LogP contribution in [0, 0.1) is 5.92 Å². The van der Waals surface area contributed by atoms with Crippen molar-refractivity contribution in [2.75, 3.05) is 6.61 Å². The lowest BCUT2D eigenvalue weighted by atomic mass is 9.98. The number of carboxylic acids is 1. The van der Waals surface area contributed by atoms with Crippen LogP contribution < -0.4 is 10.6 Å². The summed E-state index contributed by atoms with van der Waals surface area (Å²) in [6, 6.07) is 15.4. The molecule has 2 unspecified atom stereocenters. The zero-order valence-electron chi connectivity index (χ0n) is 20.0. The minimum Gasteiger partial charge on any atom is -0.481 e.